The molecule has 1 aliphatic carbocycles. The van der Waals surface area contributed by atoms with Crippen molar-refractivity contribution in [2.45, 2.75) is 25.7 Å². The number of anilines is 1. The molecule has 0 amide bonds. The van der Waals surface area contributed by atoms with Crippen molar-refractivity contribution >= 4 is 34.5 Å². The Labute approximate surface area is 113 Å². The van der Waals surface area contributed by atoms with E-state index in [9.17, 15) is 0 Å². The molecule has 2 nitrogen and oxygen atoms in total. The fourth-order valence-electron chi connectivity index (χ4n) is 2.39. The predicted octanol–water partition coefficient (Wildman–Crippen LogP) is 3.58. The molecule has 0 bridgehead atoms. The normalized spacial score (nSPS) is 16.1. The number of nitrogens with one attached hydrogen (secondary N) is 1. The minimum Gasteiger partial charge on any atom is -0.389 e. The zero-order valence-electron chi connectivity index (χ0n) is 9.71. The highest BCUT2D eigenvalue weighted by Gasteiger charge is 2.16. The molecular formula is C13H17ClN2S. The molecule has 92 valence electrons. The first-order valence-electron chi connectivity index (χ1n) is 6.00. The van der Waals surface area contributed by atoms with Gasteiger partial charge in [0.1, 0.15) is 4.99 Å². The molecule has 1 aromatic rings. The van der Waals surface area contributed by atoms with Crippen LogP contribution in [0.3, 0.4) is 0 Å². The van der Waals surface area contributed by atoms with Crippen molar-refractivity contribution in [2.75, 3.05) is 11.9 Å². The van der Waals surface area contributed by atoms with Crippen molar-refractivity contribution in [3.05, 3.63) is 28.8 Å². The summed E-state index contributed by atoms with van der Waals surface area (Å²) < 4.78 is 0. The molecule has 0 radical (unpaired) electrons. The molecule has 0 heterocycles. The summed E-state index contributed by atoms with van der Waals surface area (Å²) in [5.41, 5.74) is 7.43. The lowest BCUT2D eigenvalue weighted by Crippen LogP contribution is -2.17. The van der Waals surface area contributed by atoms with Crippen LogP contribution in [0.15, 0.2) is 18.2 Å². The summed E-state index contributed by atoms with van der Waals surface area (Å²) in [7, 11) is 0. The van der Waals surface area contributed by atoms with Gasteiger partial charge in [-0.05, 0) is 30.9 Å². The van der Waals surface area contributed by atoms with Gasteiger partial charge >= 0.3 is 0 Å². The van der Waals surface area contributed by atoms with E-state index in [1.807, 2.05) is 18.2 Å². The second kappa shape index (κ2) is 5.69. The molecule has 1 fully saturated rings. The Balaban J connectivity index is 2.09. The molecule has 0 aromatic heterocycles. The lowest BCUT2D eigenvalue weighted by Gasteiger charge is -2.15. The van der Waals surface area contributed by atoms with Crippen LogP contribution >= 0.6 is 23.8 Å². The molecule has 0 saturated heterocycles. The fourth-order valence-corrected chi connectivity index (χ4v) is 2.94. The van der Waals surface area contributed by atoms with Crippen LogP contribution in [0.1, 0.15) is 31.2 Å². The molecule has 0 atom stereocenters. The third kappa shape index (κ3) is 3.11. The van der Waals surface area contributed by atoms with Crippen molar-refractivity contribution in [3.63, 3.8) is 0 Å². The number of hydrogen-bond acceptors (Lipinski definition) is 2. The second-order valence-corrected chi connectivity index (χ2v) is 5.41. The first-order valence-corrected chi connectivity index (χ1v) is 6.79. The van der Waals surface area contributed by atoms with Gasteiger partial charge in [-0.2, -0.15) is 0 Å². The average Bonchev–Trinajstić information content (AvgIpc) is 2.78. The van der Waals surface area contributed by atoms with Crippen LogP contribution < -0.4 is 11.1 Å². The van der Waals surface area contributed by atoms with E-state index in [0.717, 1.165) is 23.7 Å². The van der Waals surface area contributed by atoms with Gasteiger partial charge in [-0.1, -0.05) is 42.7 Å². The van der Waals surface area contributed by atoms with Gasteiger partial charge in [-0.25, -0.2) is 0 Å². The van der Waals surface area contributed by atoms with Crippen LogP contribution in [-0.4, -0.2) is 11.5 Å². The quantitative estimate of drug-likeness (QED) is 0.820. The van der Waals surface area contributed by atoms with E-state index in [-0.39, 0.29) is 0 Å². The van der Waals surface area contributed by atoms with Gasteiger partial charge < -0.3 is 11.1 Å². The van der Waals surface area contributed by atoms with E-state index in [1.165, 1.54) is 25.7 Å². The van der Waals surface area contributed by atoms with Crippen LogP contribution in [0.5, 0.6) is 0 Å². The van der Waals surface area contributed by atoms with Gasteiger partial charge in [-0.15, -0.1) is 0 Å². The first-order chi connectivity index (χ1) is 8.18. The fraction of sp³-hybridized carbons (Fsp3) is 0.462. The third-order valence-electron chi connectivity index (χ3n) is 3.32. The van der Waals surface area contributed by atoms with E-state index in [1.54, 1.807) is 0 Å². The van der Waals surface area contributed by atoms with E-state index < -0.39 is 0 Å². The summed E-state index contributed by atoms with van der Waals surface area (Å²) in [5.74, 6) is 0.771. The summed E-state index contributed by atoms with van der Waals surface area (Å²) >= 11 is 11.2. The number of nitrogens with two attached hydrogens (primary N) is 1. The van der Waals surface area contributed by atoms with Gasteiger partial charge in [0.15, 0.2) is 0 Å². The molecule has 4 heteroatoms. The monoisotopic (exact) mass is 268 g/mol. The zero-order chi connectivity index (χ0) is 12.3. The molecule has 17 heavy (non-hydrogen) atoms. The SMILES string of the molecule is NC(=S)c1c(Cl)cccc1NCC1CCCC1. The maximum atomic E-state index is 6.11. The van der Waals surface area contributed by atoms with Crippen LogP contribution in [0, 0.1) is 5.92 Å². The van der Waals surface area contributed by atoms with Crippen molar-refractivity contribution in [2.24, 2.45) is 11.7 Å². The number of hydrogen-bond donors (Lipinski definition) is 2. The Kier molecular flexibility index (Phi) is 4.24. The Hall–Kier alpha value is -0.800. The van der Waals surface area contributed by atoms with Crippen molar-refractivity contribution in [1.29, 1.82) is 0 Å². The second-order valence-electron chi connectivity index (χ2n) is 4.56. The standard InChI is InChI=1S/C13H17ClN2S/c14-10-6-3-7-11(12(10)13(15)17)16-8-9-4-1-2-5-9/h3,6-7,9,16H,1-2,4-5,8H2,(H2,15,17). The van der Waals surface area contributed by atoms with E-state index in [4.69, 9.17) is 29.6 Å². The molecule has 3 N–H and O–H groups in total. The van der Waals surface area contributed by atoms with Gasteiger partial charge in [0.2, 0.25) is 0 Å². The van der Waals surface area contributed by atoms with Crippen LogP contribution in [0.4, 0.5) is 5.69 Å². The van der Waals surface area contributed by atoms with Crippen molar-refractivity contribution in [3.8, 4) is 0 Å². The van der Waals surface area contributed by atoms with Gasteiger partial charge in [-0.3, -0.25) is 0 Å². The summed E-state index contributed by atoms with van der Waals surface area (Å²) in [5, 5.41) is 4.04. The van der Waals surface area contributed by atoms with E-state index in [0.29, 0.717) is 10.0 Å². The molecular weight excluding hydrogens is 252 g/mol. The lowest BCUT2D eigenvalue weighted by atomic mass is 10.1. The minimum atomic E-state index is 0.351. The Morgan fingerprint density at radius 2 is 2.12 bits per heavy atom. The summed E-state index contributed by atoms with van der Waals surface area (Å²) in [6.07, 6.45) is 5.33. The lowest BCUT2D eigenvalue weighted by molar-refractivity contribution is 0.580. The van der Waals surface area contributed by atoms with Crippen LogP contribution in [0.2, 0.25) is 5.02 Å². The third-order valence-corrected chi connectivity index (χ3v) is 3.84. The molecule has 0 unspecified atom stereocenters. The summed E-state index contributed by atoms with van der Waals surface area (Å²) in [6, 6.07) is 5.72. The highest BCUT2D eigenvalue weighted by molar-refractivity contribution is 7.80. The van der Waals surface area contributed by atoms with E-state index >= 15 is 0 Å². The molecule has 1 aromatic carbocycles. The molecule has 0 spiro atoms. The molecule has 0 aliphatic heterocycles. The summed E-state index contributed by atoms with van der Waals surface area (Å²) in [4.78, 5) is 0.351. The van der Waals surface area contributed by atoms with E-state index in [2.05, 4.69) is 5.32 Å². The molecule has 1 saturated carbocycles. The predicted molar refractivity (Wildman–Crippen MR) is 77.8 cm³/mol. The van der Waals surface area contributed by atoms with Gasteiger partial charge in [0.25, 0.3) is 0 Å². The number of benzene rings is 1. The Bertz CT molecular complexity index is 414. The first kappa shape index (κ1) is 12.7. The highest BCUT2D eigenvalue weighted by Crippen LogP contribution is 2.28. The Morgan fingerprint density at radius 1 is 1.41 bits per heavy atom. The maximum absolute atomic E-state index is 6.11. The van der Waals surface area contributed by atoms with Crippen molar-refractivity contribution < 1.29 is 0 Å². The number of halogens is 1. The van der Waals surface area contributed by atoms with Gasteiger partial charge in [0.05, 0.1) is 10.6 Å². The van der Waals surface area contributed by atoms with Crippen molar-refractivity contribution in [1.82, 2.24) is 0 Å². The smallest absolute Gasteiger partial charge is 0.107 e. The van der Waals surface area contributed by atoms with Crippen LogP contribution in [0.25, 0.3) is 0 Å². The largest absolute Gasteiger partial charge is 0.389 e. The van der Waals surface area contributed by atoms with Gasteiger partial charge in [0, 0.05) is 12.2 Å². The number of thiocarbonyl (C=S) groups is 1. The average molecular weight is 269 g/mol. The topological polar surface area (TPSA) is 38.0 Å². The zero-order valence-corrected chi connectivity index (χ0v) is 11.3. The Morgan fingerprint density at radius 3 is 2.76 bits per heavy atom. The molecule has 2 rings (SSSR count). The maximum Gasteiger partial charge on any atom is 0.107 e. The van der Waals surface area contributed by atoms with Crippen LogP contribution in [-0.2, 0) is 0 Å². The number of rotatable bonds is 4. The highest BCUT2D eigenvalue weighted by atomic mass is 35.5. The molecule has 1 aliphatic rings. The minimum absolute atomic E-state index is 0.351. The summed E-state index contributed by atoms with van der Waals surface area (Å²) in [6.45, 7) is 0.982.